The number of halogens is 2. The number of nitriles is 1. The third-order valence-corrected chi connectivity index (χ3v) is 4.73. The molecular formula is C21H21F2N3O2. The number of hydrogen-bond donors (Lipinski definition) is 1. The first-order chi connectivity index (χ1) is 13.5. The van der Waals surface area contributed by atoms with Crippen molar-refractivity contribution in [3.8, 4) is 11.8 Å². The van der Waals surface area contributed by atoms with Gasteiger partial charge in [-0.3, -0.25) is 9.69 Å². The van der Waals surface area contributed by atoms with Crippen LogP contribution in [0.3, 0.4) is 0 Å². The number of nitrogens with one attached hydrogen (secondary N) is 1. The van der Waals surface area contributed by atoms with Gasteiger partial charge in [0.15, 0.2) is 0 Å². The number of nitrogens with zero attached hydrogens (tertiary/aromatic N) is 2. The fourth-order valence-corrected chi connectivity index (χ4v) is 3.34. The van der Waals surface area contributed by atoms with Gasteiger partial charge in [0.25, 0.3) is 5.91 Å². The molecular weight excluding hydrogens is 364 g/mol. The third kappa shape index (κ3) is 4.84. The number of anilines is 1. The van der Waals surface area contributed by atoms with Crippen LogP contribution >= 0.6 is 0 Å². The van der Waals surface area contributed by atoms with Crippen LogP contribution in [0.2, 0.25) is 0 Å². The predicted molar refractivity (Wildman–Crippen MR) is 101 cm³/mol. The summed E-state index contributed by atoms with van der Waals surface area (Å²) in [5.41, 5.74) is 2.57. The van der Waals surface area contributed by atoms with E-state index in [-0.39, 0.29) is 11.7 Å². The van der Waals surface area contributed by atoms with Gasteiger partial charge in [0.1, 0.15) is 5.75 Å². The number of rotatable bonds is 6. The third-order valence-electron chi connectivity index (χ3n) is 4.73. The van der Waals surface area contributed by atoms with Gasteiger partial charge in [-0.15, -0.1) is 0 Å². The van der Waals surface area contributed by atoms with Gasteiger partial charge in [-0.25, -0.2) is 0 Å². The molecule has 1 heterocycles. The van der Waals surface area contributed by atoms with E-state index < -0.39 is 6.61 Å². The highest BCUT2D eigenvalue weighted by molar-refractivity contribution is 6.05. The summed E-state index contributed by atoms with van der Waals surface area (Å²) < 4.78 is 30.4. The maximum Gasteiger partial charge on any atom is 0.387 e. The van der Waals surface area contributed by atoms with Crippen LogP contribution < -0.4 is 10.1 Å². The Morgan fingerprint density at radius 1 is 1.25 bits per heavy atom. The van der Waals surface area contributed by atoms with Crippen LogP contribution in [0.25, 0.3) is 0 Å². The molecule has 1 fully saturated rings. The largest absolute Gasteiger partial charge is 0.434 e. The van der Waals surface area contributed by atoms with Crippen LogP contribution in [0.5, 0.6) is 5.75 Å². The fraction of sp³-hybridized carbons (Fsp3) is 0.333. The average Bonchev–Trinajstić information content (AvgIpc) is 3.16. The number of carbonyl (C=O) groups excluding carboxylic acids is 1. The normalized spacial score (nSPS) is 14.1. The standard InChI is InChI=1S/C21H21F2N3O2/c1-14-10-15(12-24)4-7-18(14)20(27)25-17-6-5-16(13-26-8-2-3-9-26)19(11-17)28-21(22)23/h4-7,10-11,21H,2-3,8-9,13H2,1H3,(H,25,27). The molecule has 3 rings (SSSR count). The topological polar surface area (TPSA) is 65.4 Å². The van der Waals surface area contributed by atoms with E-state index in [4.69, 9.17) is 10.00 Å². The number of likely N-dealkylation sites (tertiary alicyclic amines) is 1. The zero-order chi connectivity index (χ0) is 20.1. The van der Waals surface area contributed by atoms with Gasteiger partial charge in [-0.1, -0.05) is 6.07 Å². The Labute approximate surface area is 162 Å². The Morgan fingerprint density at radius 2 is 2.00 bits per heavy atom. The van der Waals surface area contributed by atoms with Crippen LogP contribution in [0.4, 0.5) is 14.5 Å². The predicted octanol–water partition coefficient (Wildman–Crippen LogP) is 4.32. The minimum atomic E-state index is -2.94. The zero-order valence-corrected chi connectivity index (χ0v) is 15.5. The molecule has 1 N–H and O–H groups in total. The number of ether oxygens (including phenoxy) is 1. The minimum Gasteiger partial charge on any atom is -0.434 e. The Balaban J connectivity index is 1.79. The lowest BCUT2D eigenvalue weighted by Crippen LogP contribution is -2.19. The summed E-state index contributed by atoms with van der Waals surface area (Å²) in [7, 11) is 0. The number of benzene rings is 2. The molecule has 7 heteroatoms. The van der Waals surface area contributed by atoms with E-state index in [1.807, 2.05) is 6.07 Å². The van der Waals surface area contributed by atoms with Crippen LogP contribution in [-0.4, -0.2) is 30.5 Å². The van der Waals surface area contributed by atoms with Crippen molar-refractivity contribution in [1.29, 1.82) is 5.26 Å². The molecule has 2 aromatic carbocycles. The lowest BCUT2D eigenvalue weighted by atomic mass is 10.0. The first-order valence-corrected chi connectivity index (χ1v) is 9.08. The monoisotopic (exact) mass is 385 g/mol. The second kappa shape index (κ2) is 8.81. The van der Waals surface area contributed by atoms with Gasteiger partial charge in [-0.05, 0) is 62.7 Å². The second-order valence-electron chi connectivity index (χ2n) is 6.78. The lowest BCUT2D eigenvalue weighted by Gasteiger charge is -2.18. The van der Waals surface area contributed by atoms with Gasteiger partial charge in [0, 0.05) is 29.4 Å². The Morgan fingerprint density at radius 3 is 2.64 bits per heavy atom. The van der Waals surface area contributed by atoms with E-state index in [9.17, 15) is 13.6 Å². The summed E-state index contributed by atoms with van der Waals surface area (Å²) in [5, 5.41) is 11.6. The summed E-state index contributed by atoms with van der Waals surface area (Å²) in [6.45, 7) is 1.20. The minimum absolute atomic E-state index is 0.0660. The Bertz CT molecular complexity index is 903. The maximum absolute atomic E-state index is 12.8. The summed E-state index contributed by atoms with van der Waals surface area (Å²) in [6, 6.07) is 11.6. The molecule has 1 amide bonds. The number of aryl methyl sites for hydroxylation is 1. The first kappa shape index (κ1) is 19.8. The number of carbonyl (C=O) groups is 1. The molecule has 0 saturated carbocycles. The SMILES string of the molecule is Cc1cc(C#N)ccc1C(=O)Nc1ccc(CN2CCCC2)c(OC(F)F)c1. The average molecular weight is 385 g/mol. The highest BCUT2D eigenvalue weighted by atomic mass is 19.3. The molecule has 5 nitrogen and oxygen atoms in total. The second-order valence-corrected chi connectivity index (χ2v) is 6.78. The van der Waals surface area contributed by atoms with E-state index in [0.717, 1.165) is 25.9 Å². The van der Waals surface area contributed by atoms with Gasteiger partial charge in [0.2, 0.25) is 0 Å². The van der Waals surface area contributed by atoms with E-state index in [0.29, 0.717) is 34.5 Å². The van der Waals surface area contributed by atoms with Crippen LogP contribution in [-0.2, 0) is 6.54 Å². The summed E-state index contributed by atoms with van der Waals surface area (Å²) in [6.07, 6.45) is 2.20. The van der Waals surface area contributed by atoms with Gasteiger partial charge >= 0.3 is 6.61 Å². The van der Waals surface area contributed by atoms with Gasteiger partial charge in [0.05, 0.1) is 11.6 Å². The van der Waals surface area contributed by atoms with Crippen LogP contribution in [0.15, 0.2) is 36.4 Å². The molecule has 28 heavy (non-hydrogen) atoms. The molecule has 0 aromatic heterocycles. The van der Waals surface area contributed by atoms with E-state index in [1.54, 1.807) is 37.3 Å². The van der Waals surface area contributed by atoms with E-state index in [1.165, 1.54) is 6.07 Å². The summed E-state index contributed by atoms with van der Waals surface area (Å²) in [5.74, 6) is -0.312. The fourth-order valence-electron chi connectivity index (χ4n) is 3.34. The van der Waals surface area contributed by atoms with Crippen LogP contribution in [0, 0.1) is 18.3 Å². The van der Waals surface area contributed by atoms with Crippen molar-refractivity contribution >= 4 is 11.6 Å². The zero-order valence-electron chi connectivity index (χ0n) is 15.5. The van der Waals surface area contributed by atoms with Gasteiger partial charge < -0.3 is 10.1 Å². The molecule has 0 atom stereocenters. The highest BCUT2D eigenvalue weighted by Gasteiger charge is 2.18. The van der Waals surface area contributed by atoms with Gasteiger partial charge in [-0.2, -0.15) is 14.0 Å². The molecule has 0 bridgehead atoms. The van der Waals surface area contributed by atoms with Crippen molar-refractivity contribution in [2.45, 2.75) is 32.9 Å². The summed E-state index contributed by atoms with van der Waals surface area (Å²) >= 11 is 0. The maximum atomic E-state index is 12.8. The van der Waals surface area contributed by atoms with E-state index >= 15 is 0 Å². The number of alkyl halides is 2. The summed E-state index contributed by atoms with van der Waals surface area (Å²) in [4.78, 5) is 14.7. The molecule has 1 aliphatic heterocycles. The number of amides is 1. The molecule has 0 radical (unpaired) electrons. The molecule has 0 unspecified atom stereocenters. The van der Waals surface area contributed by atoms with Crippen molar-refractivity contribution in [3.63, 3.8) is 0 Å². The van der Waals surface area contributed by atoms with Crippen molar-refractivity contribution < 1.29 is 18.3 Å². The van der Waals surface area contributed by atoms with Crippen molar-refractivity contribution in [2.24, 2.45) is 0 Å². The van der Waals surface area contributed by atoms with Crippen LogP contribution in [0.1, 0.15) is 39.9 Å². The molecule has 1 aliphatic rings. The van der Waals surface area contributed by atoms with Crippen molar-refractivity contribution in [2.75, 3.05) is 18.4 Å². The highest BCUT2D eigenvalue weighted by Crippen LogP contribution is 2.28. The smallest absolute Gasteiger partial charge is 0.387 e. The van der Waals surface area contributed by atoms with Crippen molar-refractivity contribution in [3.05, 3.63) is 58.7 Å². The quantitative estimate of drug-likeness (QED) is 0.804. The van der Waals surface area contributed by atoms with Crippen molar-refractivity contribution in [1.82, 2.24) is 4.90 Å². The molecule has 2 aromatic rings. The molecule has 0 spiro atoms. The lowest BCUT2D eigenvalue weighted by molar-refractivity contribution is -0.0506. The van der Waals surface area contributed by atoms with E-state index in [2.05, 4.69) is 10.2 Å². The molecule has 1 saturated heterocycles. The Kier molecular flexibility index (Phi) is 6.22. The number of hydrogen-bond acceptors (Lipinski definition) is 4. The Hall–Kier alpha value is -2.98. The molecule has 0 aliphatic carbocycles. The molecule has 146 valence electrons. The first-order valence-electron chi connectivity index (χ1n) is 9.08.